The molecule has 120 valence electrons. The average molecular weight is 350 g/mol. The molecule has 0 atom stereocenters. The lowest BCUT2D eigenvalue weighted by molar-refractivity contribution is -0.119. The first-order chi connectivity index (χ1) is 11.0. The predicted octanol–water partition coefficient (Wildman–Crippen LogP) is 4.17. The maximum atomic E-state index is 11.8. The Balaban J connectivity index is 1.87. The minimum Gasteiger partial charge on any atom is -0.376 e. The van der Waals surface area contributed by atoms with E-state index in [-0.39, 0.29) is 12.5 Å². The summed E-state index contributed by atoms with van der Waals surface area (Å²) in [6.07, 6.45) is 1.46. The minimum absolute atomic E-state index is 0.129. The van der Waals surface area contributed by atoms with E-state index in [2.05, 4.69) is 21.9 Å². The lowest BCUT2D eigenvalue weighted by atomic mass is 10.1. The van der Waals surface area contributed by atoms with E-state index in [4.69, 9.17) is 23.2 Å². The van der Waals surface area contributed by atoms with Gasteiger partial charge in [-0.3, -0.25) is 4.79 Å². The van der Waals surface area contributed by atoms with Gasteiger partial charge in [0.1, 0.15) is 0 Å². The van der Waals surface area contributed by atoms with Crippen molar-refractivity contribution in [2.75, 3.05) is 11.9 Å². The highest BCUT2D eigenvalue weighted by molar-refractivity contribution is 6.43. The number of hydrogen-bond donors (Lipinski definition) is 2. The molecule has 6 heteroatoms. The molecule has 2 aromatic rings. The quantitative estimate of drug-likeness (QED) is 0.628. The standard InChI is InChI=1S/C17H17Cl2N3O/c1-11-6-7-15(12(2)8-11)20-10-16(23)22-21-9-13-4-3-5-14(18)17(13)19/h3-9,20H,10H2,1-2H3,(H,22,23)/b21-9-. The van der Waals surface area contributed by atoms with Crippen LogP contribution in [-0.2, 0) is 4.79 Å². The SMILES string of the molecule is Cc1ccc(NCC(=O)N/N=C\c2cccc(Cl)c2Cl)c(C)c1. The van der Waals surface area contributed by atoms with Crippen molar-refractivity contribution in [3.05, 3.63) is 63.1 Å². The number of hydrazone groups is 1. The summed E-state index contributed by atoms with van der Waals surface area (Å²) in [5.74, 6) is -0.251. The van der Waals surface area contributed by atoms with Crippen molar-refractivity contribution in [3.63, 3.8) is 0 Å². The predicted molar refractivity (Wildman–Crippen MR) is 96.6 cm³/mol. The van der Waals surface area contributed by atoms with Crippen LogP contribution in [-0.4, -0.2) is 18.7 Å². The molecule has 0 radical (unpaired) electrons. The first kappa shape index (κ1) is 17.3. The Hall–Kier alpha value is -2.04. The molecule has 0 fully saturated rings. The summed E-state index contributed by atoms with van der Waals surface area (Å²) in [4.78, 5) is 11.8. The normalized spacial score (nSPS) is 10.8. The number of carbonyl (C=O) groups excluding carboxylic acids is 1. The van der Waals surface area contributed by atoms with Gasteiger partial charge in [-0.05, 0) is 31.5 Å². The summed E-state index contributed by atoms with van der Waals surface area (Å²) in [7, 11) is 0. The van der Waals surface area contributed by atoms with E-state index >= 15 is 0 Å². The van der Waals surface area contributed by atoms with Gasteiger partial charge < -0.3 is 5.32 Å². The number of amides is 1. The largest absolute Gasteiger partial charge is 0.376 e. The Morgan fingerprint density at radius 1 is 1.22 bits per heavy atom. The number of carbonyl (C=O) groups is 1. The Morgan fingerprint density at radius 2 is 2.00 bits per heavy atom. The number of aryl methyl sites for hydroxylation is 2. The fraction of sp³-hybridized carbons (Fsp3) is 0.176. The molecule has 0 aliphatic rings. The van der Waals surface area contributed by atoms with Crippen LogP contribution in [0.4, 0.5) is 5.69 Å². The van der Waals surface area contributed by atoms with Gasteiger partial charge in [0, 0.05) is 11.3 Å². The van der Waals surface area contributed by atoms with Crippen molar-refractivity contribution in [2.24, 2.45) is 5.10 Å². The van der Waals surface area contributed by atoms with Crippen molar-refractivity contribution in [1.82, 2.24) is 5.43 Å². The van der Waals surface area contributed by atoms with Gasteiger partial charge in [-0.15, -0.1) is 0 Å². The number of nitrogens with zero attached hydrogens (tertiary/aromatic N) is 1. The Kier molecular flexibility index (Phi) is 6.02. The second-order valence-corrected chi connectivity index (χ2v) is 5.89. The first-order valence-electron chi connectivity index (χ1n) is 7.04. The molecule has 0 aromatic heterocycles. The van der Waals surface area contributed by atoms with Gasteiger partial charge in [-0.1, -0.05) is 53.0 Å². The van der Waals surface area contributed by atoms with Crippen LogP contribution in [0.25, 0.3) is 0 Å². The van der Waals surface area contributed by atoms with Crippen LogP contribution in [0.3, 0.4) is 0 Å². The third-order valence-corrected chi connectivity index (χ3v) is 4.03. The van der Waals surface area contributed by atoms with E-state index in [9.17, 15) is 4.79 Å². The van der Waals surface area contributed by atoms with Crippen LogP contribution in [0, 0.1) is 13.8 Å². The van der Waals surface area contributed by atoms with E-state index in [1.165, 1.54) is 11.8 Å². The minimum atomic E-state index is -0.251. The highest BCUT2D eigenvalue weighted by atomic mass is 35.5. The molecule has 0 saturated heterocycles. The number of anilines is 1. The summed E-state index contributed by atoms with van der Waals surface area (Å²) in [5.41, 5.74) is 6.28. The van der Waals surface area contributed by atoms with Gasteiger partial charge in [0.2, 0.25) is 0 Å². The molecule has 0 bridgehead atoms. The first-order valence-corrected chi connectivity index (χ1v) is 7.80. The van der Waals surface area contributed by atoms with Gasteiger partial charge in [-0.2, -0.15) is 5.10 Å². The van der Waals surface area contributed by atoms with Crippen LogP contribution in [0.15, 0.2) is 41.5 Å². The third-order valence-electron chi connectivity index (χ3n) is 3.20. The molecular formula is C17H17Cl2N3O. The summed E-state index contributed by atoms with van der Waals surface area (Å²) >= 11 is 11.9. The van der Waals surface area contributed by atoms with Gasteiger partial charge in [-0.25, -0.2) is 5.43 Å². The zero-order valence-corrected chi connectivity index (χ0v) is 14.4. The monoisotopic (exact) mass is 349 g/mol. The van der Waals surface area contributed by atoms with Crippen LogP contribution in [0.1, 0.15) is 16.7 Å². The molecule has 2 aromatic carbocycles. The van der Waals surface area contributed by atoms with E-state index in [1.807, 2.05) is 26.0 Å². The summed E-state index contributed by atoms with van der Waals surface area (Å²) < 4.78 is 0. The van der Waals surface area contributed by atoms with Crippen molar-refractivity contribution in [3.8, 4) is 0 Å². The number of nitrogens with one attached hydrogen (secondary N) is 2. The van der Waals surface area contributed by atoms with Crippen LogP contribution >= 0.6 is 23.2 Å². The molecule has 2 N–H and O–H groups in total. The van der Waals surface area contributed by atoms with E-state index < -0.39 is 0 Å². The Morgan fingerprint density at radius 3 is 2.74 bits per heavy atom. The van der Waals surface area contributed by atoms with Crippen LogP contribution in [0.5, 0.6) is 0 Å². The van der Waals surface area contributed by atoms with E-state index in [1.54, 1.807) is 18.2 Å². The number of halogens is 2. The molecule has 0 aliphatic heterocycles. The molecule has 0 unspecified atom stereocenters. The zero-order chi connectivity index (χ0) is 16.8. The number of hydrogen-bond acceptors (Lipinski definition) is 3. The maximum absolute atomic E-state index is 11.8. The molecule has 0 heterocycles. The summed E-state index contributed by atoms with van der Waals surface area (Å²) in [6.45, 7) is 4.15. The van der Waals surface area contributed by atoms with Crippen molar-refractivity contribution in [2.45, 2.75) is 13.8 Å². The molecule has 1 amide bonds. The summed E-state index contributed by atoms with van der Waals surface area (Å²) in [6, 6.07) is 11.2. The fourth-order valence-corrected chi connectivity index (χ4v) is 2.38. The van der Waals surface area contributed by atoms with Gasteiger partial charge in [0.15, 0.2) is 0 Å². The molecule has 0 spiro atoms. The van der Waals surface area contributed by atoms with Gasteiger partial charge in [0.25, 0.3) is 5.91 Å². The summed E-state index contributed by atoms with van der Waals surface area (Å²) in [5, 5.41) is 7.81. The molecule has 0 aliphatic carbocycles. The molecule has 0 saturated carbocycles. The van der Waals surface area contributed by atoms with E-state index in [0.29, 0.717) is 15.6 Å². The zero-order valence-electron chi connectivity index (χ0n) is 12.9. The van der Waals surface area contributed by atoms with Gasteiger partial charge in [0.05, 0.1) is 22.8 Å². The highest BCUT2D eigenvalue weighted by Crippen LogP contribution is 2.24. The van der Waals surface area contributed by atoms with Crippen LogP contribution < -0.4 is 10.7 Å². The van der Waals surface area contributed by atoms with Crippen molar-refractivity contribution >= 4 is 41.0 Å². The van der Waals surface area contributed by atoms with E-state index in [0.717, 1.165) is 11.3 Å². The van der Waals surface area contributed by atoms with Crippen LogP contribution in [0.2, 0.25) is 10.0 Å². The number of rotatable bonds is 5. The average Bonchev–Trinajstić information content (AvgIpc) is 2.50. The smallest absolute Gasteiger partial charge is 0.259 e. The Labute approximate surface area is 145 Å². The fourth-order valence-electron chi connectivity index (χ4n) is 2.02. The lowest BCUT2D eigenvalue weighted by Crippen LogP contribution is -2.26. The second-order valence-electron chi connectivity index (χ2n) is 5.11. The van der Waals surface area contributed by atoms with Crippen molar-refractivity contribution < 1.29 is 4.79 Å². The molecule has 23 heavy (non-hydrogen) atoms. The van der Waals surface area contributed by atoms with Crippen molar-refractivity contribution in [1.29, 1.82) is 0 Å². The molecular weight excluding hydrogens is 333 g/mol. The lowest BCUT2D eigenvalue weighted by Gasteiger charge is -2.09. The van der Waals surface area contributed by atoms with Gasteiger partial charge >= 0.3 is 0 Å². The topological polar surface area (TPSA) is 53.5 Å². The second kappa shape index (κ2) is 7.99. The highest BCUT2D eigenvalue weighted by Gasteiger charge is 2.03. The Bertz CT molecular complexity index is 745. The molecule has 4 nitrogen and oxygen atoms in total. The third kappa shape index (κ3) is 4.98. The number of benzene rings is 2. The maximum Gasteiger partial charge on any atom is 0.259 e. The molecule has 2 rings (SSSR count).